The summed E-state index contributed by atoms with van der Waals surface area (Å²) in [7, 11) is 0. The van der Waals surface area contributed by atoms with E-state index in [0.29, 0.717) is 18.2 Å². The van der Waals surface area contributed by atoms with Gasteiger partial charge in [-0.15, -0.1) is 11.3 Å². The number of thiophene rings is 1. The molecule has 0 spiro atoms. The van der Waals surface area contributed by atoms with Crippen molar-refractivity contribution in [3.8, 4) is 0 Å². The van der Waals surface area contributed by atoms with Gasteiger partial charge in [0.05, 0.1) is 11.1 Å². The summed E-state index contributed by atoms with van der Waals surface area (Å²) in [6.45, 7) is 2.11. The first-order valence-corrected chi connectivity index (χ1v) is 8.92. The molecule has 5 nitrogen and oxygen atoms in total. The lowest BCUT2D eigenvalue weighted by atomic mass is 9.96. The van der Waals surface area contributed by atoms with Crippen molar-refractivity contribution >= 4 is 29.2 Å². The van der Waals surface area contributed by atoms with E-state index in [1.807, 2.05) is 28.5 Å². The Morgan fingerprint density at radius 1 is 1.29 bits per heavy atom. The molecule has 1 aliphatic rings. The van der Waals surface area contributed by atoms with Crippen molar-refractivity contribution in [2.75, 3.05) is 19.6 Å². The van der Waals surface area contributed by atoms with Crippen molar-refractivity contribution in [3.63, 3.8) is 0 Å². The molecular formula is C18H20N2O3S. The zero-order valence-corrected chi connectivity index (χ0v) is 14.1. The molecule has 0 aliphatic carbocycles. The maximum Gasteiger partial charge on any atom is 0.261 e. The van der Waals surface area contributed by atoms with E-state index in [2.05, 4.69) is 5.32 Å². The molecule has 6 heteroatoms. The smallest absolute Gasteiger partial charge is 0.261 e. The summed E-state index contributed by atoms with van der Waals surface area (Å²) in [4.78, 5) is 26.7. The summed E-state index contributed by atoms with van der Waals surface area (Å²) >= 11 is 1.45. The van der Waals surface area contributed by atoms with Crippen molar-refractivity contribution in [3.05, 3.63) is 52.6 Å². The average molecular weight is 344 g/mol. The molecule has 0 saturated carbocycles. The van der Waals surface area contributed by atoms with E-state index < -0.39 is 0 Å². The fourth-order valence-corrected chi connectivity index (χ4v) is 3.37. The normalized spacial score (nSPS) is 15.8. The largest absolute Gasteiger partial charge is 0.465 e. The molecule has 3 rings (SSSR count). The van der Waals surface area contributed by atoms with E-state index >= 15 is 0 Å². The molecule has 0 unspecified atom stereocenters. The van der Waals surface area contributed by atoms with Gasteiger partial charge in [0, 0.05) is 25.7 Å². The van der Waals surface area contributed by atoms with Gasteiger partial charge in [-0.2, -0.15) is 0 Å². The van der Waals surface area contributed by atoms with Crippen LogP contribution >= 0.6 is 11.3 Å². The molecule has 1 aliphatic heterocycles. The SMILES string of the molecule is O=C(NCC1CCN(C(=O)/C=C/c2ccco2)CC1)c1cccs1. The number of carbonyl (C=O) groups is 2. The summed E-state index contributed by atoms with van der Waals surface area (Å²) in [5, 5.41) is 4.88. The average Bonchev–Trinajstić information content (AvgIpc) is 3.31. The molecule has 0 atom stereocenters. The molecule has 0 bridgehead atoms. The summed E-state index contributed by atoms with van der Waals surface area (Å²) in [6.07, 6.45) is 6.64. The van der Waals surface area contributed by atoms with Gasteiger partial charge < -0.3 is 14.6 Å². The Labute approximate surface area is 145 Å². The molecule has 2 amide bonds. The number of nitrogens with one attached hydrogen (secondary N) is 1. The number of nitrogens with zero attached hydrogens (tertiary/aromatic N) is 1. The van der Waals surface area contributed by atoms with Crippen LogP contribution in [0.15, 0.2) is 46.4 Å². The quantitative estimate of drug-likeness (QED) is 0.848. The van der Waals surface area contributed by atoms with E-state index in [9.17, 15) is 9.59 Å². The molecule has 0 aromatic carbocycles. The van der Waals surface area contributed by atoms with Crippen LogP contribution in [0.5, 0.6) is 0 Å². The molecule has 2 aromatic rings. The van der Waals surface area contributed by atoms with Crippen LogP contribution in [0, 0.1) is 5.92 Å². The highest BCUT2D eigenvalue weighted by atomic mass is 32.1. The monoisotopic (exact) mass is 344 g/mol. The third kappa shape index (κ3) is 4.35. The van der Waals surface area contributed by atoms with Crippen LogP contribution in [0.25, 0.3) is 6.08 Å². The molecule has 1 fully saturated rings. The summed E-state index contributed by atoms with van der Waals surface area (Å²) in [5.74, 6) is 1.10. The molecule has 1 saturated heterocycles. The van der Waals surface area contributed by atoms with E-state index in [1.165, 1.54) is 11.3 Å². The number of piperidine rings is 1. The van der Waals surface area contributed by atoms with Gasteiger partial charge in [-0.1, -0.05) is 6.07 Å². The number of rotatable bonds is 5. The summed E-state index contributed by atoms with van der Waals surface area (Å²) < 4.78 is 5.18. The Morgan fingerprint density at radius 3 is 2.79 bits per heavy atom. The lowest BCUT2D eigenvalue weighted by Crippen LogP contribution is -2.40. The second-order valence-electron chi connectivity index (χ2n) is 5.80. The Morgan fingerprint density at radius 2 is 2.12 bits per heavy atom. The second-order valence-corrected chi connectivity index (χ2v) is 6.75. The first-order valence-electron chi connectivity index (χ1n) is 8.04. The van der Waals surface area contributed by atoms with E-state index in [1.54, 1.807) is 24.5 Å². The van der Waals surface area contributed by atoms with Gasteiger partial charge in [-0.25, -0.2) is 0 Å². The molecule has 126 valence electrons. The predicted octanol–water partition coefficient (Wildman–Crippen LogP) is 3.02. The standard InChI is InChI=1S/C18H20N2O3S/c21-17(6-5-15-3-1-11-23-15)20-9-7-14(8-10-20)13-19-18(22)16-4-2-12-24-16/h1-6,11-12,14H,7-10,13H2,(H,19,22)/b6-5+. The Kier molecular flexibility index (Phi) is 5.48. The first kappa shape index (κ1) is 16.5. The third-order valence-electron chi connectivity index (χ3n) is 4.16. The molecule has 2 aromatic heterocycles. The number of amides is 2. The minimum atomic E-state index is -0.00936. The van der Waals surface area contributed by atoms with Crippen LogP contribution in [0.3, 0.4) is 0 Å². The molecule has 3 heterocycles. The van der Waals surface area contributed by atoms with Crippen LogP contribution in [0.1, 0.15) is 28.3 Å². The fraction of sp³-hybridized carbons (Fsp3) is 0.333. The van der Waals surface area contributed by atoms with Crippen molar-refractivity contribution in [1.29, 1.82) is 0 Å². The van der Waals surface area contributed by atoms with Gasteiger partial charge in [0.25, 0.3) is 5.91 Å². The minimum absolute atomic E-state index is 0.00692. The van der Waals surface area contributed by atoms with E-state index in [4.69, 9.17) is 4.42 Å². The van der Waals surface area contributed by atoms with Crippen molar-refractivity contribution in [1.82, 2.24) is 10.2 Å². The van der Waals surface area contributed by atoms with Gasteiger partial charge in [-0.3, -0.25) is 9.59 Å². The number of furan rings is 1. The van der Waals surface area contributed by atoms with Crippen molar-refractivity contribution in [2.45, 2.75) is 12.8 Å². The molecular weight excluding hydrogens is 324 g/mol. The van der Waals surface area contributed by atoms with Gasteiger partial charge >= 0.3 is 0 Å². The zero-order valence-electron chi connectivity index (χ0n) is 13.3. The zero-order chi connectivity index (χ0) is 16.8. The van der Waals surface area contributed by atoms with Gasteiger partial charge in [0.2, 0.25) is 5.91 Å². The highest BCUT2D eigenvalue weighted by Gasteiger charge is 2.22. The molecule has 24 heavy (non-hydrogen) atoms. The van der Waals surface area contributed by atoms with E-state index in [0.717, 1.165) is 30.8 Å². The van der Waals surface area contributed by atoms with Crippen molar-refractivity contribution < 1.29 is 14.0 Å². The molecule has 0 radical (unpaired) electrons. The number of carbonyl (C=O) groups excluding carboxylic acids is 2. The Hall–Kier alpha value is -2.34. The maximum atomic E-state index is 12.2. The summed E-state index contributed by atoms with van der Waals surface area (Å²) in [6, 6.07) is 7.30. The highest BCUT2D eigenvalue weighted by molar-refractivity contribution is 7.12. The highest BCUT2D eigenvalue weighted by Crippen LogP contribution is 2.17. The first-order chi connectivity index (χ1) is 11.7. The third-order valence-corrected chi connectivity index (χ3v) is 5.02. The van der Waals surface area contributed by atoms with Gasteiger partial charge in [0.15, 0.2) is 0 Å². The number of likely N-dealkylation sites (tertiary alicyclic amines) is 1. The van der Waals surface area contributed by atoms with Gasteiger partial charge in [0.1, 0.15) is 5.76 Å². The van der Waals surface area contributed by atoms with Crippen molar-refractivity contribution in [2.24, 2.45) is 5.92 Å². The lowest BCUT2D eigenvalue weighted by Gasteiger charge is -2.31. The van der Waals surface area contributed by atoms with Crippen LogP contribution in [-0.4, -0.2) is 36.3 Å². The Bertz CT molecular complexity index is 684. The van der Waals surface area contributed by atoms with Crippen LogP contribution in [-0.2, 0) is 4.79 Å². The second kappa shape index (κ2) is 7.97. The van der Waals surface area contributed by atoms with Crippen LogP contribution in [0.2, 0.25) is 0 Å². The molecule has 1 N–H and O–H groups in total. The van der Waals surface area contributed by atoms with E-state index in [-0.39, 0.29) is 11.8 Å². The fourth-order valence-electron chi connectivity index (χ4n) is 2.73. The number of hydrogen-bond donors (Lipinski definition) is 1. The number of hydrogen-bond acceptors (Lipinski definition) is 4. The summed E-state index contributed by atoms with van der Waals surface area (Å²) in [5.41, 5.74) is 0. The minimum Gasteiger partial charge on any atom is -0.465 e. The topological polar surface area (TPSA) is 62.6 Å². The lowest BCUT2D eigenvalue weighted by molar-refractivity contribution is -0.127. The Balaban J connectivity index is 1.40. The van der Waals surface area contributed by atoms with Crippen LogP contribution in [0.4, 0.5) is 0 Å². The maximum absolute atomic E-state index is 12.2. The van der Waals surface area contributed by atoms with Gasteiger partial charge in [-0.05, 0) is 48.4 Å². The predicted molar refractivity (Wildman–Crippen MR) is 93.7 cm³/mol. The van der Waals surface area contributed by atoms with Crippen LogP contribution < -0.4 is 5.32 Å².